The highest BCUT2D eigenvalue weighted by atomic mass is 16.3. The van der Waals surface area contributed by atoms with Gasteiger partial charge in [-0.15, -0.1) is 0 Å². The van der Waals surface area contributed by atoms with Crippen LogP contribution < -0.4 is 5.69 Å². The van der Waals surface area contributed by atoms with Gasteiger partial charge >= 0.3 is 5.69 Å². The molecule has 0 fully saturated rings. The molecular formula is C10H18N2O4. The first-order valence-corrected chi connectivity index (χ1v) is 5.28. The second kappa shape index (κ2) is 5.18. The van der Waals surface area contributed by atoms with Crippen molar-refractivity contribution in [2.45, 2.75) is 32.9 Å². The number of rotatable bonds is 5. The summed E-state index contributed by atoms with van der Waals surface area (Å²) in [4.78, 5) is 11.8. The molecule has 0 aromatic carbocycles. The lowest BCUT2D eigenvalue weighted by molar-refractivity contribution is 0.261. The predicted molar refractivity (Wildman–Crippen MR) is 58.6 cm³/mol. The van der Waals surface area contributed by atoms with Crippen molar-refractivity contribution in [3.05, 3.63) is 16.2 Å². The highest BCUT2D eigenvalue weighted by molar-refractivity contribution is 5.23. The average molecular weight is 230 g/mol. The fourth-order valence-corrected chi connectivity index (χ4v) is 1.79. The molecule has 0 unspecified atom stereocenters. The predicted octanol–water partition coefficient (Wildman–Crippen LogP) is -0.537. The summed E-state index contributed by atoms with van der Waals surface area (Å²) in [6.07, 6.45) is 0. The van der Waals surface area contributed by atoms with Crippen LogP contribution in [0.2, 0.25) is 0 Å². The Bertz CT molecular complexity index is 406. The Hall–Kier alpha value is -1.27. The lowest BCUT2D eigenvalue weighted by atomic mass is 10.1. The van der Waals surface area contributed by atoms with Crippen molar-refractivity contribution in [2.75, 3.05) is 13.2 Å². The quantitative estimate of drug-likeness (QED) is 0.634. The minimum atomic E-state index is -0.399. The Morgan fingerprint density at radius 2 is 1.62 bits per heavy atom. The summed E-state index contributed by atoms with van der Waals surface area (Å²) in [5.41, 5.74) is 0.0943. The van der Waals surface area contributed by atoms with E-state index in [1.807, 2.05) is 13.8 Å². The zero-order valence-corrected chi connectivity index (χ0v) is 9.55. The highest BCUT2D eigenvalue weighted by Gasteiger charge is 2.20. The van der Waals surface area contributed by atoms with E-state index in [0.29, 0.717) is 5.69 Å². The maximum Gasteiger partial charge on any atom is 0.331 e. The second-order valence-corrected chi connectivity index (χ2v) is 3.90. The lowest BCUT2D eigenvalue weighted by Crippen LogP contribution is -2.27. The number of imidazole rings is 1. The molecular weight excluding hydrogens is 212 g/mol. The number of hydrogen-bond acceptors (Lipinski definition) is 4. The second-order valence-electron chi connectivity index (χ2n) is 3.90. The van der Waals surface area contributed by atoms with Crippen molar-refractivity contribution < 1.29 is 15.3 Å². The SMILES string of the molecule is CC(C)c1c(O)n(CCO)c(=O)n1CCO. The number of nitrogens with zero attached hydrogens (tertiary/aromatic N) is 2. The van der Waals surface area contributed by atoms with Crippen LogP contribution in [0.1, 0.15) is 25.5 Å². The Labute approximate surface area is 93.4 Å². The van der Waals surface area contributed by atoms with Gasteiger partial charge in [0.25, 0.3) is 0 Å². The van der Waals surface area contributed by atoms with Gasteiger partial charge in [-0.05, 0) is 5.92 Å². The number of aromatic hydroxyl groups is 1. The third-order valence-corrected chi connectivity index (χ3v) is 2.43. The summed E-state index contributed by atoms with van der Waals surface area (Å²) in [5, 5.41) is 27.6. The molecule has 0 bridgehead atoms. The fourth-order valence-electron chi connectivity index (χ4n) is 1.79. The monoisotopic (exact) mass is 230 g/mol. The Morgan fingerprint density at radius 3 is 2.06 bits per heavy atom. The Kier molecular flexibility index (Phi) is 4.14. The summed E-state index contributed by atoms with van der Waals surface area (Å²) in [7, 11) is 0. The van der Waals surface area contributed by atoms with Crippen LogP contribution in [0.25, 0.3) is 0 Å². The average Bonchev–Trinajstić information content (AvgIpc) is 2.44. The molecule has 1 aromatic rings. The zero-order valence-electron chi connectivity index (χ0n) is 9.55. The molecule has 0 aliphatic heterocycles. The van der Waals surface area contributed by atoms with Crippen LogP contribution in [0, 0.1) is 0 Å². The molecule has 92 valence electrons. The maximum atomic E-state index is 11.8. The van der Waals surface area contributed by atoms with Crippen LogP contribution in [-0.4, -0.2) is 37.7 Å². The summed E-state index contributed by atoms with van der Waals surface area (Å²) >= 11 is 0. The molecule has 0 saturated carbocycles. The minimum absolute atomic E-state index is 0.0285. The summed E-state index contributed by atoms with van der Waals surface area (Å²) in [6.45, 7) is 3.54. The van der Waals surface area contributed by atoms with Gasteiger partial charge in [-0.3, -0.25) is 9.13 Å². The van der Waals surface area contributed by atoms with Gasteiger partial charge in [0.2, 0.25) is 5.88 Å². The van der Waals surface area contributed by atoms with Crippen LogP contribution in [0.15, 0.2) is 4.79 Å². The highest BCUT2D eigenvalue weighted by Crippen LogP contribution is 2.24. The number of aliphatic hydroxyl groups is 2. The first kappa shape index (κ1) is 12.8. The molecule has 1 heterocycles. The van der Waals surface area contributed by atoms with E-state index in [1.54, 1.807) is 0 Å². The van der Waals surface area contributed by atoms with Crippen molar-refractivity contribution in [2.24, 2.45) is 0 Å². The van der Waals surface area contributed by atoms with E-state index in [1.165, 1.54) is 4.57 Å². The number of hydrogen-bond donors (Lipinski definition) is 3. The van der Waals surface area contributed by atoms with Crippen molar-refractivity contribution in [3.8, 4) is 5.88 Å². The first-order valence-electron chi connectivity index (χ1n) is 5.28. The molecule has 0 radical (unpaired) electrons. The molecule has 0 spiro atoms. The van der Waals surface area contributed by atoms with E-state index in [-0.39, 0.29) is 38.1 Å². The van der Waals surface area contributed by atoms with E-state index >= 15 is 0 Å². The third-order valence-electron chi connectivity index (χ3n) is 2.43. The van der Waals surface area contributed by atoms with Crippen LogP contribution in [0.3, 0.4) is 0 Å². The standard InChI is InChI=1S/C10H18N2O4/c1-7(2)8-9(15)12(4-6-14)10(16)11(8)3-5-13/h7,13-15H,3-6H2,1-2H3. The van der Waals surface area contributed by atoms with E-state index in [0.717, 1.165) is 4.57 Å². The summed E-state index contributed by atoms with van der Waals surface area (Å²) in [6, 6.07) is 0. The number of aliphatic hydroxyl groups excluding tert-OH is 2. The molecule has 6 nitrogen and oxygen atoms in total. The Balaban J connectivity index is 3.34. The molecule has 0 aliphatic carbocycles. The molecule has 0 aliphatic rings. The van der Waals surface area contributed by atoms with Crippen molar-refractivity contribution in [1.82, 2.24) is 9.13 Å². The third kappa shape index (κ3) is 2.12. The zero-order chi connectivity index (χ0) is 12.3. The summed E-state index contributed by atoms with van der Waals surface area (Å²) < 4.78 is 2.46. The number of aromatic nitrogens is 2. The van der Waals surface area contributed by atoms with Gasteiger partial charge in [-0.1, -0.05) is 13.8 Å². The topological polar surface area (TPSA) is 87.6 Å². The smallest absolute Gasteiger partial charge is 0.331 e. The van der Waals surface area contributed by atoms with Crippen molar-refractivity contribution in [1.29, 1.82) is 0 Å². The van der Waals surface area contributed by atoms with Crippen LogP contribution in [0.4, 0.5) is 0 Å². The minimum Gasteiger partial charge on any atom is -0.493 e. The molecule has 0 amide bonds. The fraction of sp³-hybridized carbons (Fsp3) is 0.700. The van der Waals surface area contributed by atoms with Gasteiger partial charge in [0.05, 0.1) is 32.0 Å². The normalized spacial score (nSPS) is 11.3. The van der Waals surface area contributed by atoms with Gasteiger partial charge in [-0.2, -0.15) is 0 Å². The van der Waals surface area contributed by atoms with E-state index in [9.17, 15) is 9.90 Å². The van der Waals surface area contributed by atoms with E-state index in [2.05, 4.69) is 0 Å². The molecule has 1 rings (SSSR count). The maximum absolute atomic E-state index is 11.8. The van der Waals surface area contributed by atoms with Crippen molar-refractivity contribution >= 4 is 0 Å². The lowest BCUT2D eigenvalue weighted by Gasteiger charge is -2.08. The van der Waals surface area contributed by atoms with Crippen molar-refractivity contribution in [3.63, 3.8) is 0 Å². The molecule has 0 saturated heterocycles. The van der Waals surface area contributed by atoms with E-state index < -0.39 is 5.69 Å². The van der Waals surface area contributed by atoms with Gasteiger partial charge in [0, 0.05) is 0 Å². The molecule has 1 aromatic heterocycles. The molecule has 6 heteroatoms. The molecule has 3 N–H and O–H groups in total. The Morgan fingerprint density at radius 1 is 1.12 bits per heavy atom. The first-order chi connectivity index (χ1) is 7.54. The molecule has 0 atom stereocenters. The van der Waals surface area contributed by atoms with Crippen LogP contribution >= 0.6 is 0 Å². The van der Waals surface area contributed by atoms with Gasteiger partial charge in [0.15, 0.2) is 0 Å². The van der Waals surface area contributed by atoms with Crippen LogP contribution in [0.5, 0.6) is 5.88 Å². The largest absolute Gasteiger partial charge is 0.493 e. The van der Waals surface area contributed by atoms with E-state index in [4.69, 9.17) is 10.2 Å². The molecule has 16 heavy (non-hydrogen) atoms. The van der Waals surface area contributed by atoms with Gasteiger partial charge in [-0.25, -0.2) is 4.79 Å². The van der Waals surface area contributed by atoms with Crippen LogP contribution in [-0.2, 0) is 13.1 Å². The van der Waals surface area contributed by atoms with Gasteiger partial charge < -0.3 is 15.3 Å². The summed E-state index contributed by atoms with van der Waals surface area (Å²) in [5.74, 6) is -0.151. The van der Waals surface area contributed by atoms with Gasteiger partial charge in [0.1, 0.15) is 0 Å².